The molecule has 0 radical (unpaired) electrons. The molecule has 27 heavy (non-hydrogen) atoms. The predicted molar refractivity (Wildman–Crippen MR) is 103 cm³/mol. The number of rotatable bonds is 5. The van der Waals surface area contributed by atoms with Gasteiger partial charge in [0.15, 0.2) is 9.84 Å². The fourth-order valence-corrected chi connectivity index (χ4v) is 4.39. The average Bonchev–Trinajstić information content (AvgIpc) is 2.83. The maximum Gasteiger partial charge on any atom is 0.325 e. The van der Waals surface area contributed by atoms with Crippen LogP contribution in [0.1, 0.15) is 12.5 Å². The maximum atomic E-state index is 12.8. The van der Waals surface area contributed by atoms with Crippen LogP contribution in [-0.2, 0) is 20.2 Å². The van der Waals surface area contributed by atoms with E-state index in [2.05, 4.69) is 5.32 Å². The van der Waals surface area contributed by atoms with Crippen LogP contribution < -0.4 is 5.32 Å². The number of carbonyl (C=O) groups is 2. The molecule has 0 spiro atoms. The summed E-state index contributed by atoms with van der Waals surface area (Å²) in [5, 5.41) is 3.47. The largest absolute Gasteiger partial charge is 0.325 e. The van der Waals surface area contributed by atoms with Crippen LogP contribution in [0, 0.1) is 0 Å². The number of amides is 3. The van der Waals surface area contributed by atoms with Crippen molar-refractivity contribution in [3.8, 4) is 0 Å². The zero-order valence-corrected chi connectivity index (χ0v) is 16.6. The minimum Gasteiger partial charge on any atom is -0.319 e. The number of imide groups is 1. The summed E-state index contributed by atoms with van der Waals surface area (Å²) < 4.78 is 24.9. The van der Waals surface area contributed by atoms with Gasteiger partial charge >= 0.3 is 6.03 Å². The molecule has 1 N–H and O–H groups in total. The molecule has 0 aliphatic carbocycles. The monoisotopic (exact) mass is 426 g/mol. The van der Waals surface area contributed by atoms with E-state index >= 15 is 0 Å². The summed E-state index contributed by atoms with van der Waals surface area (Å²) in [7, 11) is -3.67. The van der Waals surface area contributed by atoms with Crippen molar-refractivity contribution in [1.29, 1.82) is 0 Å². The molecule has 142 valence electrons. The van der Waals surface area contributed by atoms with E-state index in [0.29, 0.717) is 15.6 Å². The summed E-state index contributed by atoms with van der Waals surface area (Å²) in [4.78, 5) is 26.1. The van der Waals surface area contributed by atoms with E-state index < -0.39 is 27.3 Å². The standard InChI is InChI=1S/C18H16Cl2N2O4S/c1-18(12-3-2-4-14(20)11-12)16(23)22(17(24)21-18)9-10-27(25,26)15-7-5-13(19)6-8-15/h2-8,11H,9-10H2,1H3,(H,21,24)/t18-/m1/s1. The molecule has 2 aromatic rings. The van der Waals surface area contributed by atoms with Crippen LogP contribution >= 0.6 is 23.2 Å². The third-order valence-electron chi connectivity index (χ3n) is 4.43. The molecule has 6 nitrogen and oxygen atoms in total. The number of hydrogen-bond donors (Lipinski definition) is 1. The number of urea groups is 1. The highest BCUT2D eigenvalue weighted by Crippen LogP contribution is 2.30. The van der Waals surface area contributed by atoms with E-state index in [9.17, 15) is 18.0 Å². The Balaban J connectivity index is 1.79. The number of benzene rings is 2. The summed E-state index contributed by atoms with van der Waals surface area (Å²) >= 11 is 11.8. The van der Waals surface area contributed by atoms with E-state index in [-0.39, 0.29) is 17.2 Å². The highest BCUT2D eigenvalue weighted by molar-refractivity contribution is 7.91. The van der Waals surface area contributed by atoms with Gasteiger partial charge in [-0.2, -0.15) is 0 Å². The first-order valence-corrected chi connectivity index (χ1v) is 10.4. The highest BCUT2D eigenvalue weighted by atomic mass is 35.5. The van der Waals surface area contributed by atoms with Gasteiger partial charge in [0.05, 0.1) is 10.6 Å². The van der Waals surface area contributed by atoms with Gasteiger partial charge in [-0.1, -0.05) is 35.3 Å². The number of sulfone groups is 1. The average molecular weight is 427 g/mol. The van der Waals surface area contributed by atoms with E-state index in [1.54, 1.807) is 31.2 Å². The lowest BCUT2D eigenvalue weighted by atomic mass is 9.92. The number of halogens is 2. The summed E-state index contributed by atoms with van der Waals surface area (Å²) in [6.45, 7) is 1.30. The lowest BCUT2D eigenvalue weighted by molar-refractivity contribution is -0.130. The minimum atomic E-state index is -3.67. The van der Waals surface area contributed by atoms with E-state index in [1.165, 1.54) is 24.3 Å². The number of carbonyl (C=O) groups excluding carboxylic acids is 2. The molecule has 1 aliphatic heterocycles. The predicted octanol–water partition coefficient (Wildman–Crippen LogP) is 3.23. The maximum absolute atomic E-state index is 12.8. The second kappa shape index (κ2) is 7.14. The second-order valence-electron chi connectivity index (χ2n) is 6.30. The second-order valence-corrected chi connectivity index (χ2v) is 9.28. The Bertz CT molecular complexity index is 1010. The van der Waals surface area contributed by atoms with Gasteiger partial charge in [-0.25, -0.2) is 13.2 Å². The van der Waals surface area contributed by atoms with Crippen molar-refractivity contribution < 1.29 is 18.0 Å². The van der Waals surface area contributed by atoms with Crippen molar-refractivity contribution in [2.75, 3.05) is 12.3 Å². The molecule has 0 saturated carbocycles. The molecular weight excluding hydrogens is 411 g/mol. The minimum absolute atomic E-state index is 0.0801. The lowest BCUT2D eigenvalue weighted by Crippen LogP contribution is -2.41. The summed E-state index contributed by atoms with van der Waals surface area (Å²) in [6.07, 6.45) is 0. The molecule has 1 fully saturated rings. The van der Waals surface area contributed by atoms with Crippen LogP contribution in [0.5, 0.6) is 0 Å². The third-order valence-corrected chi connectivity index (χ3v) is 6.63. The van der Waals surface area contributed by atoms with Crippen LogP contribution in [-0.4, -0.2) is 37.6 Å². The first-order chi connectivity index (χ1) is 12.6. The third kappa shape index (κ3) is 3.81. The zero-order valence-electron chi connectivity index (χ0n) is 14.3. The quantitative estimate of drug-likeness (QED) is 0.743. The van der Waals surface area contributed by atoms with Gasteiger partial charge in [-0.3, -0.25) is 9.69 Å². The molecule has 0 unspecified atom stereocenters. The van der Waals surface area contributed by atoms with Gasteiger partial charge in [0.2, 0.25) is 0 Å². The topological polar surface area (TPSA) is 83.6 Å². The SMILES string of the molecule is C[C@]1(c2cccc(Cl)c2)NC(=O)N(CCS(=O)(=O)c2ccc(Cl)cc2)C1=O. The van der Waals surface area contributed by atoms with Crippen molar-refractivity contribution in [2.24, 2.45) is 0 Å². The molecule has 0 aromatic heterocycles. The van der Waals surface area contributed by atoms with Gasteiger partial charge in [-0.05, 0) is 48.9 Å². The molecule has 3 rings (SSSR count). The van der Waals surface area contributed by atoms with Gasteiger partial charge in [-0.15, -0.1) is 0 Å². The number of nitrogens with one attached hydrogen (secondary N) is 1. The molecule has 9 heteroatoms. The van der Waals surface area contributed by atoms with Gasteiger partial charge in [0.1, 0.15) is 5.54 Å². The molecule has 1 saturated heterocycles. The number of nitrogens with zero attached hydrogens (tertiary/aromatic N) is 1. The lowest BCUT2D eigenvalue weighted by Gasteiger charge is -2.22. The molecule has 1 heterocycles. The molecule has 1 atom stereocenters. The van der Waals surface area contributed by atoms with Crippen LogP contribution in [0.2, 0.25) is 10.0 Å². The molecular formula is C18H16Cl2N2O4S. The fourth-order valence-electron chi connectivity index (χ4n) is 2.87. The Morgan fingerprint density at radius 3 is 2.33 bits per heavy atom. The van der Waals surface area contributed by atoms with Crippen molar-refractivity contribution in [3.63, 3.8) is 0 Å². The first kappa shape index (κ1) is 19.7. The van der Waals surface area contributed by atoms with Crippen molar-refractivity contribution in [2.45, 2.75) is 17.4 Å². The Hall–Kier alpha value is -2.09. The van der Waals surface area contributed by atoms with E-state index in [0.717, 1.165) is 4.90 Å². The number of hydrogen-bond acceptors (Lipinski definition) is 4. The Morgan fingerprint density at radius 2 is 1.70 bits per heavy atom. The van der Waals surface area contributed by atoms with Crippen LogP contribution in [0.3, 0.4) is 0 Å². The normalized spacial score (nSPS) is 20.0. The van der Waals surface area contributed by atoms with Gasteiger partial charge in [0, 0.05) is 16.6 Å². The van der Waals surface area contributed by atoms with Crippen molar-refractivity contribution in [3.05, 3.63) is 64.1 Å². The van der Waals surface area contributed by atoms with Crippen LogP contribution in [0.4, 0.5) is 4.79 Å². The van der Waals surface area contributed by atoms with Crippen LogP contribution in [0.15, 0.2) is 53.4 Å². The smallest absolute Gasteiger partial charge is 0.319 e. The van der Waals surface area contributed by atoms with Crippen molar-refractivity contribution >= 4 is 45.0 Å². The molecule has 2 aromatic carbocycles. The first-order valence-electron chi connectivity index (χ1n) is 8.02. The zero-order chi connectivity index (χ0) is 19.8. The van der Waals surface area contributed by atoms with Crippen LogP contribution in [0.25, 0.3) is 0 Å². The summed E-state index contributed by atoms with van der Waals surface area (Å²) in [5.74, 6) is -0.916. The Kier molecular flexibility index (Phi) is 5.20. The Morgan fingerprint density at radius 1 is 1.04 bits per heavy atom. The highest BCUT2D eigenvalue weighted by Gasteiger charge is 2.49. The summed E-state index contributed by atoms with van der Waals surface area (Å²) in [6, 6.07) is 11.7. The van der Waals surface area contributed by atoms with E-state index in [4.69, 9.17) is 23.2 Å². The molecule has 1 aliphatic rings. The Labute approximate surface area is 167 Å². The van der Waals surface area contributed by atoms with Crippen molar-refractivity contribution in [1.82, 2.24) is 10.2 Å². The van der Waals surface area contributed by atoms with E-state index in [1.807, 2.05) is 0 Å². The van der Waals surface area contributed by atoms with Gasteiger partial charge < -0.3 is 5.32 Å². The van der Waals surface area contributed by atoms with Gasteiger partial charge in [0.25, 0.3) is 5.91 Å². The fraction of sp³-hybridized carbons (Fsp3) is 0.222. The molecule has 0 bridgehead atoms. The molecule has 3 amide bonds. The summed E-state index contributed by atoms with van der Waals surface area (Å²) in [5.41, 5.74) is -0.775.